The molecule has 0 heterocycles. The molecule has 0 unspecified atom stereocenters. The van der Waals surface area contributed by atoms with E-state index in [0.717, 1.165) is 12.8 Å². The van der Waals surface area contributed by atoms with Crippen LogP contribution in [0.4, 0.5) is 0 Å². The highest BCUT2D eigenvalue weighted by Gasteiger charge is 2.51. The van der Waals surface area contributed by atoms with Crippen molar-refractivity contribution in [2.45, 2.75) is 17.2 Å². The summed E-state index contributed by atoms with van der Waals surface area (Å²) in [4.78, 5) is 10.8. The van der Waals surface area contributed by atoms with Gasteiger partial charge >= 0.3 is 5.97 Å². The molecular weight excluding hydrogens is 208 g/mol. The maximum Gasteiger partial charge on any atom is 0.321 e. The zero-order chi connectivity index (χ0) is 8.06. The molecule has 2 rings (SSSR count). The number of hydrogen-bond donors (Lipinski definition) is 1. The molecule has 3 heteroatoms. The van der Waals surface area contributed by atoms with Crippen molar-refractivity contribution in [1.82, 2.24) is 0 Å². The standard InChI is InChI=1S/C8H9BrO2/c9-8(7(10)11)4-5-1-2-6(8)3-5/h1-2,5-6H,3-4H2,(H,10,11)/t5-,6+,8-/m1/s1. The number of allylic oxidation sites excluding steroid dienone is 2. The number of carbonyl (C=O) groups is 1. The largest absolute Gasteiger partial charge is 0.480 e. The first-order chi connectivity index (χ1) is 5.13. The summed E-state index contributed by atoms with van der Waals surface area (Å²) in [5.41, 5.74) is 0. The third-order valence-corrected chi connectivity index (χ3v) is 3.93. The van der Waals surface area contributed by atoms with Crippen LogP contribution in [-0.2, 0) is 4.79 Å². The molecule has 60 valence electrons. The highest BCUT2D eigenvalue weighted by atomic mass is 79.9. The van der Waals surface area contributed by atoms with E-state index in [4.69, 9.17) is 5.11 Å². The van der Waals surface area contributed by atoms with E-state index in [1.165, 1.54) is 0 Å². The molecule has 2 aliphatic rings. The van der Waals surface area contributed by atoms with Crippen LogP contribution in [0.1, 0.15) is 12.8 Å². The van der Waals surface area contributed by atoms with E-state index in [1.807, 2.05) is 6.08 Å². The summed E-state index contributed by atoms with van der Waals surface area (Å²) in [5.74, 6) is -0.00479. The zero-order valence-corrected chi connectivity index (χ0v) is 7.54. The summed E-state index contributed by atoms with van der Waals surface area (Å²) in [6.07, 6.45) is 5.92. The molecule has 11 heavy (non-hydrogen) atoms. The van der Waals surface area contributed by atoms with E-state index in [9.17, 15) is 4.79 Å². The second-order valence-corrected chi connectivity index (χ2v) is 4.77. The van der Waals surface area contributed by atoms with Crippen molar-refractivity contribution >= 4 is 21.9 Å². The van der Waals surface area contributed by atoms with Crippen molar-refractivity contribution in [2.75, 3.05) is 0 Å². The van der Waals surface area contributed by atoms with E-state index in [-0.39, 0.29) is 5.92 Å². The quantitative estimate of drug-likeness (QED) is 0.537. The van der Waals surface area contributed by atoms with E-state index >= 15 is 0 Å². The molecule has 0 aliphatic heterocycles. The van der Waals surface area contributed by atoms with Gasteiger partial charge in [0.1, 0.15) is 4.32 Å². The fraction of sp³-hybridized carbons (Fsp3) is 0.625. The molecule has 0 aromatic carbocycles. The minimum Gasteiger partial charge on any atom is -0.480 e. The summed E-state index contributed by atoms with van der Waals surface area (Å²) >= 11 is 3.32. The predicted molar refractivity (Wildman–Crippen MR) is 44.6 cm³/mol. The Balaban J connectivity index is 2.30. The second-order valence-electron chi connectivity index (χ2n) is 3.36. The lowest BCUT2D eigenvalue weighted by molar-refractivity contribution is -0.140. The lowest BCUT2D eigenvalue weighted by Gasteiger charge is -2.23. The summed E-state index contributed by atoms with van der Waals surface area (Å²) in [6, 6.07) is 0. The maximum absolute atomic E-state index is 10.8. The number of rotatable bonds is 1. The van der Waals surface area contributed by atoms with Crippen LogP contribution in [0.3, 0.4) is 0 Å². The summed E-state index contributed by atoms with van der Waals surface area (Å²) in [5, 5.41) is 8.91. The number of halogens is 1. The lowest BCUT2D eigenvalue weighted by Crippen LogP contribution is -2.35. The highest BCUT2D eigenvalue weighted by Crippen LogP contribution is 2.51. The lowest BCUT2D eigenvalue weighted by atomic mass is 9.94. The van der Waals surface area contributed by atoms with Gasteiger partial charge in [0.05, 0.1) is 0 Å². The van der Waals surface area contributed by atoms with Gasteiger partial charge in [0.25, 0.3) is 0 Å². The fourth-order valence-corrected chi connectivity index (χ4v) is 2.80. The molecule has 3 atom stereocenters. The molecule has 2 aliphatic carbocycles. The van der Waals surface area contributed by atoms with Gasteiger partial charge in [-0.1, -0.05) is 28.1 Å². The van der Waals surface area contributed by atoms with Gasteiger partial charge in [0, 0.05) is 5.92 Å². The first kappa shape index (κ1) is 7.35. The van der Waals surface area contributed by atoms with Gasteiger partial charge in [-0.15, -0.1) is 0 Å². The second kappa shape index (κ2) is 2.09. The van der Waals surface area contributed by atoms with Crippen LogP contribution in [-0.4, -0.2) is 15.4 Å². The Morgan fingerprint density at radius 3 is 2.64 bits per heavy atom. The number of hydrogen-bond acceptors (Lipinski definition) is 1. The van der Waals surface area contributed by atoms with Crippen LogP contribution in [0.5, 0.6) is 0 Å². The molecule has 1 N–H and O–H groups in total. The van der Waals surface area contributed by atoms with Crippen LogP contribution in [0.2, 0.25) is 0 Å². The van der Waals surface area contributed by atoms with Crippen molar-refractivity contribution in [3.8, 4) is 0 Å². The Kier molecular flexibility index (Phi) is 1.40. The van der Waals surface area contributed by atoms with Gasteiger partial charge in [-0.3, -0.25) is 4.79 Å². The summed E-state index contributed by atoms with van der Waals surface area (Å²) in [7, 11) is 0. The molecule has 0 radical (unpaired) electrons. The van der Waals surface area contributed by atoms with Gasteiger partial charge in [-0.25, -0.2) is 0 Å². The van der Waals surface area contributed by atoms with Gasteiger partial charge in [0.2, 0.25) is 0 Å². The Hall–Kier alpha value is -0.310. The molecule has 0 aromatic heterocycles. The van der Waals surface area contributed by atoms with Crippen molar-refractivity contribution < 1.29 is 9.90 Å². The maximum atomic E-state index is 10.8. The number of carboxylic acids is 1. The number of fused-ring (bicyclic) bond motifs is 2. The zero-order valence-electron chi connectivity index (χ0n) is 5.96. The number of aliphatic carboxylic acids is 1. The number of alkyl halides is 1. The Bertz CT molecular complexity index is 236. The van der Waals surface area contributed by atoms with Crippen molar-refractivity contribution in [3.63, 3.8) is 0 Å². The Labute approximate surface area is 73.4 Å². The van der Waals surface area contributed by atoms with Crippen molar-refractivity contribution in [1.29, 1.82) is 0 Å². The third kappa shape index (κ3) is 0.868. The molecular formula is C8H9BrO2. The number of carboxylic acid groups (broad SMARTS) is 1. The van der Waals surface area contributed by atoms with Gasteiger partial charge in [-0.05, 0) is 18.8 Å². The van der Waals surface area contributed by atoms with Crippen LogP contribution >= 0.6 is 15.9 Å². The topological polar surface area (TPSA) is 37.3 Å². The monoisotopic (exact) mass is 216 g/mol. The Morgan fingerprint density at radius 1 is 1.64 bits per heavy atom. The van der Waals surface area contributed by atoms with Gasteiger partial charge < -0.3 is 5.11 Å². The molecule has 1 saturated carbocycles. The van der Waals surface area contributed by atoms with Crippen LogP contribution in [0, 0.1) is 11.8 Å². The molecule has 0 saturated heterocycles. The minimum absolute atomic E-state index is 0.213. The normalized spacial score (nSPS) is 46.6. The van der Waals surface area contributed by atoms with Crippen LogP contribution < -0.4 is 0 Å². The minimum atomic E-state index is -0.714. The predicted octanol–water partition coefficient (Wildman–Crippen LogP) is 1.80. The average Bonchev–Trinajstić information content (AvgIpc) is 2.45. The molecule has 1 fully saturated rings. The summed E-state index contributed by atoms with van der Waals surface area (Å²) < 4.78 is -0.646. The first-order valence-corrected chi connectivity index (χ1v) is 4.53. The smallest absolute Gasteiger partial charge is 0.321 e. The van der Waals surface area contributed by atoms with E-state index < -0.39 is 10.3 Å². The Morgan fingerprint density at radius 2 is 2.36 bits per heavy atom. The molecule has 0 spiro atoms. The van der Waals surface area contributed by atoms with Crippen LogP contribution in [0.15, 0.2) is 12.2 Å². The van der Waals surface area contributed by atoms with Crippen LogP contribution in [0.25, 0.3) is 0 Å². The fourth-order valence-electron chi connectivity index (χ4n) is 2.04. The van der Waals surface area contributed by atoms with Crippen molar-refractivity contribution in [2.24, 2.45) is 11.8 Å². The summed E-state index contributed by atoms with van der Waals surface area (Å²) in [6.45, 7) is 0. The highest BCUT2D eigenvalue weighted by molar-refractivity contribution is 9.10. The third-order valence-electron chi connectivity index (χ3n) is 2.67. The molecule has 0 amide bonds. The molecule has 2 nitrogen and oxygen atoms in total. The van der Waals surface area contributed by atoms with E-state index in [2.05, 4.69) is 22.0 Å². The van der Waals surface area contributed by atoms with Gasteiger partial charge in [0.15, 0.2) is 0 Å². The van der Waals surface area contributed by atoms with Crippen molar-refractivity contribution in [3.05, 3.63) is 12.2 Å². The molecule has 2 bridgehead atoms. The average molecular weight is 217 g/mol. The SMILES string of the molecule is O=C(O)[C@@]1(Br)C[C@@H]2C=C[C@H]1C2. The van der Waals surface area contributed by atoms with E-state index in [1.54, 1.807) is 0 Å². The first-order valence-electron chi connectivity index (χ1n) is 3.73. The van der Waals surface area contributed by atoms with Gasteiger partial charge in [-0.2, -0.15) is 0 Å². The van der Waals surface area contributed by atoms with E-state index in [0.29, 0.717) is 5.92 Å². The molecule has 0 aromatic rings.